The monoisotopic (exact) mass is 293 g/mol. The van der Waals surface area contributed by atoms with Gasteiger partial charge in [0.2, 0.25) is 0 Å². The average molecular weight is 293 g/mol. The van der Waals surface area contributed by atoms with Crippen molar-refractivity contribution in [3.63, 3.8) is 0 Å². The summed E-state index contributed by atoms with van der Waals surface area (Å²) in [5.74, 6) is 0.885. The van der Waals surface area contributed by atoms with E-state index >= 15 is 0 Å². The molecule has 3 nitrogen and oxygen atoms in total. The van der Waals surface area contributed by atoms with Gasteiger partial charge in [0.1, 0.15) is 0 Å². The highest BCUT2D eigenvalue weighted by molar-refractivity contribution is 4.93. The summed E-state index contributed by atoms with van der Waals surface area (Å²) in [6.07, 6.45) is 11.2. The maximum Gasteiger partial charge on any atom is 0.0111 e. The Morgan fingerprint density at radius 1 is 1.10 bits per heavy atom. The third-order valence-corrected chi connectivity index (χ3v) is 6.42. The molecule has 3 unspecified atom stereocenters. The van der Waals surface area contributed by atoms with Crippen LogP contribution in [0.3, 0.4) is 0 Å². The fraction of sp³-hybridized carbons (Fsp3) is 1.00. The van der Waals surface area contributed by atoms with E-state index in [-0.39, 0.29) is 0 Å². The Kier molecular flexibility index (Phi) is 5.23. The third-order valence-electron chi connectivity index (χ3n) is 6.42. The zero-order valence-electron chi connectivity index (χ0n) is 14.2. The van der Waals surface area contributed by atoms with E-state index in [1.165, 1.54) is 77.5 Å². The molecule has 2 saturated heterocycles. The first-order valence-electron chi connectivity index (χ1n) is 9.32. The molecule has 1 saturated carbocycles. The number of likely N-dealkylation sites (tertiary alicyclic amines) is 1. The van der Waals surface area contributed by atoms with Crippen LogP contribution in [0.25, 0.3) is 0 Å². The summed E-state index contributed by atoms with van der Waals surface area (Å²) in [5.41, 5.74) is 0.525. The lowest BCUT2D eigenvalue weighted by molar-refractivity contribution is 0.120. The second-order valence-corrected chi connectivity index (χ2v) is 8.25. The summed E-state index contributed by atoms with van der Waals surface area (Å²) in [7, 11) is 2.26. The lowest BCUT2D eigenvalue weighted by atomic mass is 9.77. The van der Waals surface area contributed by atoms with Crippen LogP contribution < -0.4 is 10.6 Å². The van der Waals surface area contributed by atoms with Crippen LogP contribution >= 0.6 is 0 Å². The molecule has 21 heavy (non-hydrogen) atoms. The quantitative estimate of drug-likeness (QED) is 0.834. The van der Waals surface area contributed by atoms with Crippen LogP contribution in [0.4, 0.5) is 0 Å². The Balaban J connectivity index is 1.52. The molecule has 2 aliphatic heterocycles. The minimum Gasteiger partial charge on any atom is -0.314 e. The predicted octanol–water partition coefficient (Wildman–Crippen LogP) is 2.62. The van der Waals surface area contributed by atoms with Crippen LogP contribution in [-0.4, -0.2) is 50.2 Å². The van der Waals surface area contributed by atoms with Gasteiger partial charge in [-0.3, -0.25) is 0 Å². The van der Waals surface area contributed by atoms with E-state index in [1.54, 1.807) is 0 Å². The van der Waals surface area contributed by atoms with Crippen LogP contribution in [0, 0.1) is 11.3 Å². The van der Waals surface area contributed by atoms with Gasteiger partial charge in [0, 0.05) is 18.6 Å². The summed E-state index contributed by atoms with van der Waals surface area (Å²) in [6.45, 7) is 7.53. The number of piperidine rings is 1. The molecular formula is C18H35N3. The van der Waals surface area contributed by atoms with Gasteiger partial charge >= 0.3 is 0 Å². The smallest absolute Gasteiger partial charge is 0.0111 e. The molecule has 0 aromatic rings. The molecule has 122 valence electrons. The molecule has 1 aliphatic carbocycles. The normalized spacial score (nSPS) is 37.7. The van der Waals surface area contributed by atoms with Gasteiger partial charge < -0.3 is 15.5 Å². The Hall–Kier alpha value is -0.120. The highest BCUT2D eigenvalue weighted by Gasteiger charge is 2.35. The van der Waals surface area contributed by atoms with E-state index in [9.17, 15) is 0 Å². The number of nitrogens with zero attached hydrogens (tertiary/aromatic N) is 1. The minimum absolute atomic E-state index is 0.525. The van der Waals surface area contributed by atoms with Crippen LogP contribution in [0.2, 0.25) is 0 Å². The van der Waals surface area contributed by atoms with Crippen molar-refractivity contribution >= 4 is 0 Å². The van der Waals surface area contributed by atoms with Crippen molar-refractivity contribution in [2.75, 3.05) is 33.2 Å². The maximum absolute atomic E-state index is 4.02. The number of hydrogen-bond donors (Lipinski definition) is 2. The molecule has 2 N–H and O–H groups in total. The molecule has 2 heterocycles. The molecule has 0 radical (unpaired) electrons. The van der Waals surface area contributed by atoms with Gasteiger partial charge in [-0.05, 0) is 76.5 Å². The first kappa shape index (κ1) is 15.8. The Morgan fingerprint density at radius 3 is 2.57 bits per heavy atom. The van der Waals surface area contributed by atoms with Gasteiger partial charge in [0.25, 0.3) is 0 Å². The number of nitrogens with one attached hydrogen (secondary N) is 2. The largest absolute Gasteiger partial charge is 0.314 e. The standard InChI is InChI=1S/C18H35N3/c1-18(9-12-21(2)13-10-18)14-20-17-7-4-3-6-15(17)16-8-5-11-19-16/h15-17,19-20H,3-14H2,1-2H3. The molecule has 3 aliphatic rings. The van der Waals surface area contributed by atoms with E-state index in [1.807, 2.05) is 0 Å². The molecule has 0 aromatic carbocycles. The van der Waals surface area contributed by atoms with Gasteiger partial charge in [-0.25, -0.2) is 0 Å². The van der Waals surface area contributed by atoms with Crippen LogP contribution in [0.15, 0.2) is 0 Å². The second-order valence-electron chi connectivity index (χ2n) is 8.25. The predicted molar refractivity (Wildman–Crippen MR) is 89.6 cm³/mol. The molecular weight excluding hydrogens is 258 g/mol. The third kappa shape index (κ3) is 4.00. The molecule has 0 aromatic heterocycles. The number of rotatable bonds is 4. The first-order valence-corrected chi connectivity index (χ1v) is 9.32. The molecule has 3 heteroatoms. The van der Waals surface area contributed by atoms with Crippen molar-refractivity contribution in [3.05, 3.63) is 0 Å². The molecule has 0 bridgehead atoms. The van der Waals surface area contributed by atoms with Gasteiger partial charge in [0.05, 0.1) is 0 Å². The topological polar surface area (TPSA) is 27.3 Å². The van der Waals surface area contributed by atoms with Gasteiger partial charge in [-0.15, -0.1) is 0 Å². The van der Waals surface area contributed by atoms with Crippen molar-refractivity contribution in [1.82, 2.24) is 15.5 Å². The number of hydrogen-bond acceptors (Lipinski definition) is 3. The highest BCUT2D eigenvalue weighted by atomic mass is 15.1. The average Bonchev–Trinajstić information content (AvgIpc) is 3.03. The summed E-state index contributed by atoms with van der Waals surface area (Å²) in [6, 6.07) is 1.57. The maximum atomic E-state index is 4.02. The Bertz CT molecular complexity index is 316. The zero-order valence-corrected chi connectivity index (χ0v) is 14.2. The van der Waals surface area contributed by atoms with Crippen LogP contribution in [0.5, 0.6) is 0 Å². The summed E-state index contributed by atoms with van der Waals surface area (Å²) in [5, 5.41) is 7.78. The van der Waals surface area contributed by atoms with Gasteiger partial charge in [-0.1, -0.05) is 19.8 Å². The van der Waals surface area contributed by atoms with E-state index in [0.29, 0.717) is 5.41 Å². The van der Waals surface area contributed by atoms with Crippen molar-refractivity contribution < 1.29 is 0 Å². The second kappa shape index (κ2) is 6.97. The summed E-state index contributed by atoms with van der Waals surface area (Å²) >= 11 is 0. The van der Waals surface area contributed by atoms with E-state index in [2.05, 4.69) is 29.5 Å². The highest BCUT2D eigenvalue weighted by Crippen LogP contribution is 2.33. The summed E-state index contributed by atoms with van der Waals surface area (Å²) in [4.78, 5) is 2.48. The fourth-order valence-electron chi connectivity index (χ4n) is 4.68. The fourth-order valence-corrected chi connectivity index (χ4v) is 4.68. The van der Waals surface area contributed by atoms with Crippen LogP contribution in [0.1, 0.15) is 58.3 Å². The van der Waals surface area contributed by atoms with Gasteiger partial charge in [0.15, 0.2) is 0 Å². The molecule has 3 fully saturated rings. The molecule has 0 amide bonds. The Morgan fingerprint density at radius 2 is 1.86 bits per heavy atom. The molecule has 3 rings (SSSR count). The van der Waals surface area contributed by atoms with E-state index in [4.69, 9.17) is 0 Å². The molecule has 3 atom stereocenters. The lowest BCUT2D eigenvalue weighted by Gasteiger charge is -2.42. The van der Waals surface area contributed by atoms with E-state index in [0.717, 1.165) is 18.0 Å². The van der Waals surface area contributed by atoms with Crippen LogP contribution in [-0.2, 0) is 0 Å². The van der Waals surface area contributed by atoms with Crippen molar-refractivity contribution in [2.45, 2.75) is 70.4 Å². The Labute approximate surface area is 131 Å². The van der Waals surface area contributed by atoms with Gasteiger partial charge in [-0.2, -0.15) is 0 Å². The van der Waals surface area contributed by atoms with Crippen molar-refractivity contribution in [3.8, 4) is 0 Å². The lowest BCUT2D eigenvalue weighted by Crippen LogP contribution is -2.51. The SMILES string of the molecule is CN1CCC(C)(CNC2CCCCC2C2CCCN2)CC1. The molecule has 0 spiro atoms. The van der Waals surface area contributed by atoms with Crippen molar-refractivity contribution in [1.29, 1.82) is 0 Å². The minimum atomic E-state index is 0.525. The zero-order chi connectivity index (χ0) is 14.7. The summed E-state index contributed by atoms with van der Waals surface area (Å²) < 4.78 is 0. The first-order chi connectivity index (χ1) is 10.2. The van der Waals surface area contributed by atoms with E-state index < -0.39 is 0 Å². The van der Waals surface area contributed by atoms with Crippen molar-refractivity contribution in [2.24, 2.45) is 11.3 Å².